The SMILES string of the molecule is Cc1cc([C@H](O)CN)c(C)o1. The van der Waals surface area contributed by atoms with Crippen LogP contribution in [0.5, 0.6) is 0 Å². The van der Waals surface area contributed by atoms with Gasteiger partial charge in [-0.3, -0.25) is 0 Å². The molecule has 1 aromatic heterocycles. The molecule has 0 aromatic carbocycles. The maximum absolute atomic E-state index is 9.34. The van der Waals surface area contributed by atoms with Crippen LogP contribution in [0.25, 0.3) is 0 Å². The van der Waals surface area contributed by atoms with Gasteiger partial charge in [0.25, 0.3) is 0 Å². The van der Waals surface area contributed by atoms with Gasteiger partial charge in [-0.25, -0.2) is 0 Å². The maximum Gasteiger partial charge on any atom is 0.106 e. The van der Waals surface area contributed by atoms with Gasteiger partial charge < -0.3 is 15.3 Å². The molecule has 1 aromatic rings. The van der Waals surface area contributed by atoms with Crippen LogP contribution in [0.4, 0.5) is 0 Å². The molecule has 11 heavy (non-hydrogen) atoms. The Kier molecular flexibility index (Phi) is 2.31. The summed E-state index contributed by atoms with van der Waals surface area (Å²) in [5.74, 6) is 1.56. The molecule has 1 heterocycles. The van der Waals surface area contributed by atoms with Gasteiger partial charge in [0.1, 0.15) is 11.5 Å². The van der Waals surface area contributed by atoms with Crippen LogP contribution < -0.4 is 5.73 Å². The molecule has 0 bridgehead atoms. The highest BCUT2D eigenvalue weighted by Crippen LogP contribution is 2.20. The van der Waals surface area contributed by atoms with Crippen molar-refractivity contribution in [2.45, 2.75) is 20.0 Å². The van der Waals surface area contributed by atoms with Crippen molar-refractivity contribution in [1.82, 2.24) is 0 Å². The Morgan fingerprint density at radius 2 is 2.27 bits per heavy atom. The van der Waals surface area contributed by atoms with Crippen molar-refractivity contribution in [2.75, 3.05) is 6.54 Å². The highest BCUT2D eigenvalue weighted by atomic mass is 16.3. The summed E-state index contributed by atoms with van der Waals surface area (Å²) in [6, 6.07) is 1.81. The zero-order valence-electron chi connectivity index (χ0n) is 6.79. The first-order valence-corrected chi connectivity index (χ1v) is 3.60. The average Bonchev–Trinajstić information content (AvgIpc) is 2.28. The normalized spacial score (nSPS) is 13.5. The molecular formula is C8H13NO2. The van der Waals surface area contributed by atoms with E-state index in [0.29, 0.717) is 0 Å². The van der Waals surface area contributed by atoms with Crippen LogP contribution in [0.3, 0.4) is 0 Å². The van der Waals surface area contributed by atoms with E-state index >= 15 is 0 Å². The minimum absolute atomic E-state index is 0.236. The highest BCUT2D eigenvalue weighted by molar-refractivity contribution is 5.22. The second kappa shape index (κ2) is 3.07. The van der Waals surface area contributed by atoms with Gasteiger partial charge in [-0.1, -0.05) is 0 Å². The molecule has 1 rings (SSSR count). The molecule has 0 saturated heterocycles. The van der Waals surface area contributed by atoms with Crippen LogP contribution in [0.2, 0.25) is 0 Å². The Morgan fingerprint density at radius 3 is 2.64 bits per heavy atom. The summed E-state index contributed by atoms with van der Waals surface area (Å²) in [5, 5.41) is 9.34. The third kappa shape index (κ3) is 1.61. The third-order valence-electron chi connectivity index (χ3n) is 1.66. The first-order chi connectivity index (χ1) is 5.15. The summed E-state index contributed by atoms with van der Waals surface area (Å²) >= 11 is 0. The maximum atomic E-state index is 9.34. The topological polar surface area (TPSA) is 59.4 Å². The number of hydrogen-bond donors (Lipinski definition) is 2. The largest absolute Gasteiger partial charge is 0.466 e. The lowest BCUT2D eigenvalue weighted by Gasteiger charge is -2.03. The molecule has 0 spiro atoms. The molecule has 0 aliphatic rings. The molecule has 0 unspecified atom stereocenters. The fourth-order valence-corrected chi connectivity index (χ4v) is 1.11. The lowest BCUT2D eigenvalue weighted by atomic mass is 10.1. The summed E-state index contributed by atoms with van der Waals surface area (Å²) in [4.78, 5) is 0. The second-order valence-electron chi connectivity index (χ2n) is 2.62. The summed E-state index contributed by atoms with van der Waals surface area (Å²) in [5.41, 5.74) is 6.09. The third-order valence-corrected chi connectivity index (χ3v) is 1.66. The quantitative estimate of drug-likeness (QED) is 0.666. The van der Waals surface area contributed by atoms with Gasteiger partial charge in [-0.2, -0.15) is 0 Å². The lowest BCUT2D eigenvalue weighted by molar-refractivity contribution is 0.184. The smallest absolute Gasteiger partial charge is 0.106 e. The molecule has 3 N–H and O–H groups in total. The van der Waals surface area contributed by atoms with Crippen molar-refractivity contribution in [3.63, 3.8) is 0 Å². The van der Waals surface area contributed by atoms with Crippen molar-refractivity contribution in [3.05, 3.63) is 23.2 Å². The Labute approximate surface area is 65.8 Å². The number of aryl methyl sites for hydroxylation is 2. The number of aliphatic hydroxyl groups excluding tert-OH is 1. The average molecular weight is 155 g/mol. The zero-order chi connectivity index (χ0) is 8.43. The van der Waals surface area contributed by atoms with Crippen molar-refractivity contribution in [1.29, 1.82) is 0 Å². The summed E-state index contributed by atoms with van der Waals surface area (Å²) in [7, 11) is 0. The van der Waals surface area contributed by atoms with E-state index in [1.165, 1.54) is 0 Å². The van der Waals surface area contributed by atoms with Crippen molar-refractivity contribution < 1.29 is 9.52 Å². The van der Waals surface area contributed by atoms with E-state index in [2.05, 4.69) is 0 Å². The predicted octanol–water partition coefficient (Wildman–Crippen LogP) is 0.889. The number of furan rings is 1. The molecule has 62 valence electrons. The van der Waals surface area contributed by atoms with Crippen molar-refractivity contribution in [3.8, 4) is 0 Å². The standard InChI is InChI=1S/C8H13NO2/c1-5-3-7(6(2)11-5)8(10)4-9/h3,8,10H,4,9H2,1-2H3/t8-/m1/s1. The molecule has 0 aliphatic heterocycles. The first kappa shape index (κ1) is 8.30. The fourth-order valence-electron chi connectivity index (χ4n) is 1.11. The van der Waals surface area contributed by atoms with Gasteiger partial charge in [0.2, 0.25) is 0 Å². The number of nitrogens with two attached hydrogens (primary N) is 1. The Bertz CT molecular complexity index is 242. The number of hydrogen-bond acceptors (Lipinski definition) is 3. The number of rotatable bonds is 2. The molecule has 0 aliphatic carbocycles. The molecular weight excluding hydrogens is 142 g/mol. The second-order valence-corrected chi connectivity index (χ2v) is 2.62. The molecule has 3 heteroatoms. The minimum atomic E-state index is -0.590. The Hall–Kier alpha value is -0.800. The fraction of sp³-hybridized carbons (Fsp3) is 0.500. The zero-order valence-corrected chi connectivity index (χ0v) is 6.79. The molecule has 0 saturated carbocycles. The van der Waals surface area contributed by atoms with E-state index in [4.69, 9.17) is 10.2 Å². The number of aliphatic hydroxyl groups is 1. The van der Waals surface area contributed by atoms with Gasteiger partial charge in [0.15, 0.2) is 0 Å². The van der Waals surface area contributed by atoms with E-state index in [0.717, 1.165) is 17.1 Å². The Balaban J connectivity index is 2.93. The van der Waals surface area contributed by atoms with Gasteiger partial charge >= 0.3 is 0 Å². The van der Waals surface area contributed by atoms with Crippen LogP contribution in [0.1, 0.15) is 23.2 Å². The predicted molar refractivity (Wildman–Crippen MR) is 42.2 cm³/mol. The Morgan fingerprint density at radius 1 is 1.64 bits per heavy atom. The van der Waals surface area contributed by atoms with Gasteiger partial charge in [-0.05, 0) is 19.9 Å². The van der Waals surface area contributed by atoms with Gasteiger partial charge in [0.05, 0.1) is 6.10 Å². The van der Waals surface area contributed by atoms with E-state index < -0.39 is 6.10 Å². The van der Waals surface area contributed by atoms with Crippen LogP contribution >= 0.6 is 0 Å². The summed E-state index contributed by atoms with van der Waals surface area (Å²) in [6.07, 6.45) is -0.590. The van der Waals surface area contributed by atoms with Crippen LogP contribution in [-0.4, -0.2) is 11.7 Å². The first-order valence-electron chi connectivity index (χ1n) is 3.60. The van der Waals surface area contributed by atoms with Gasteiger partial charge in [0, 0.05) is 12.1 Å². The molecule has 3 nitrogen and oxygen atoms in total. The summed E-state index contributed by atoms with van der Waals surface area (Å²) in [6.45, 7) is 3.90. The van der Waals surface area contributed by atoms with Crippen LogP contribution in [0, 0.1) is 13.8 Å². The molecule has 0 fully saturated rings. The van der Waals surface area contributed by atoms with Crippen molar-refractivity contribution >= 4 is 0 Å². The van der Waals surface area contributed by atoms with Gasteiger partial charge in [-0.15, -0.1) is 0 Å². The summed E-state index contributed by atoms with van der Waals surface area (Å²) < 4.78 is 5.22. The highest BCUT2D eigenvalue weighted by Gasteiger charge is 2.11. The molecule has 1 atom stereocenters. The lowest BCUT2D eigenvalue weighted by Crippen LogP contribution is -2.11. The van der Waals surface area contributed by atoms with E-state index in [-0.39, 0.29) is 6.54 Å². The van der Waals surface area contributed by atoms with Crippen LogP contribution in [0.15, 0.2) is 10.5 Å². The van der Waals surface area contributed by atoms with E-state index in [9.17, 15) is 5.11 Å². The monoisotopic (exact) mass is 155 g/mol. The minimum Gasteiger partial charge on any atom is -0.466 e. The molecule has 0 radical (unpaired) electrons. The van der Waals surface area contributed by atoms with E-state index in [1.807, 2.05) is 19.9 Å². The van der Waals surface area contributed by atoms with Crippen LogP contribution in [-0.2, 0) is 0 Å². The molecule has 0 amide bonds. The van der Waals surface area contributed by atoms with Crippen molar-refractivity contribution in [2.24, 2.45) is 5.73 Å². The van der Waals surface area contributed by atoms with E-state index in [1.54, 1.807) is 0 Å².